The molecule has 1 atom stereocenters. The molecule has 68 valence electrons. The summed E-state index contributed by atoms with van der Waals surface area (Å²) in [4.78, 5) is 11.3. The summed E-state index contributed by atoms with van der Waals surface area (Å²) in [7, 11) is 0. The van der Waals surface area contributed by atoms with Gasteiger partial charge in [0.05, 0.1) is 5.41 Å². The second-order valence-electron chi connectivity index (χ2n) is 3.85. The van der Waals surface area contributed by atoms with E-state index in [4.69, 9.17) is 5.73 Å². The van der Waals surface area contributed by atoms with Gasteiger partial charge in [-0.1, -0.05) is 24.3 Å². The van der Waals surface area contributed by atoms with Crippen LogP contribution >= 0.6 is 0 Å². The summed E-state index contributed by atoms with van der Waals surface area (Å²) in [6.07, 6.45) is 1.82. The molecule has 0 fully saturated rings. The van der Waals surface area contributed by atoms with Crippen LogP contribution in [0.2, 0.25) is 0 Å². The Bertz CT molecular complexity index is 359. The largest absolute Gasteiger partial charge is 0.369 e. The molecular formula is C11H13NO. The van der Waals surface area contributed by atoms with Crippen molar-refractivity contribution < 1.29 is 4.79 Å². The summed E-state index contributed by atoms with van der Waals surface area (Å²) >= 11 is 0. The fourth-order valence-corrected chi connectivity index (χ4v) is 2.05. The molecule has 0 aromatic heterocycles. The molecule has 0 saturated carbocycles. The Hall–Kier alpha value is -1.31. The number of fused-ring (bicyclic) bond motifs is 1. The zero-order chi connectivity index (χ0) is 9.47. The maximum atomic E-state index is 11.3. The van der Waals surface area contributed by atoms with E-state index in [1.165, 1.54) is 5.56 Å². The molecule has 13 heavy (non-hydrogen) atoms. The van der Waals surface area contributed by atoms with Crippen molar-refractivity contribution in [2.75, 3.05) is 0 Å². The Balaban J connectivity index is 2.55. The number of hydrogen-bond acceptors (Lipinski definition) is 1. The highest BCUT2D eigenvalue weighted by atomic mass is 16.1. The van der Waals surface area contributed by atoms with Gasteiger partial charge >= 0.3 is 0 Å². The molecule has 2 N–H and O–H groups in total. The average Bonchev–Trinajstić information content (AvgIpc) is 2.47. The number of nitrogens with two attached hydrogens (primary N) is 1. The number of carbonyl (C=O) groups is 1. The van der Waals surface area contributed by atoms with Gasteiger partial charge in [-0.05, 0) is 30.9 Å². The first-order valence-electron chi connectivity index (χ1n) is 4.53. The van der Waals surface area contributed by atoms with E-state index in [9.17, 15) is 4.79 Å². The summed E-state index contributed by atoms with van der Waals surface area (Å²) in [5.41, 5.74) is 7.35. The van der Waals surface area contributed by atoms with Crippen molar-refractivity contribution in [3.05, 3.63) is 35.4 Å². The van der Waals surface area contributed by atoms with Crippen molar-refractivity contribution in [1.82, 2.24) is 0 Å². The minimum absolute atomic E-state index is 0.211. The highest BCUT2D eigenvalue weighted by Crippen LogP contribution is 2.37. The van der Waals surface area contributed by atoms with E-state index >= 15 is 0 Å². The normalized spacial score (nSPS) is 25.6. The Labute approximate surface area is 77.8 Å². The maximum absolute atomic E-state index is 11.3. The van der Waals surface area contributed by atoms with Crippen molar-refractivity contribution >= 4 is 5.91 Å². The fraction of sp³-hybridized carbons (Fsp3) is 0.364. The SMILES string of the molecule is CC1(C(N)=O)CCc2ccccc21. The van der Waals surface area contributed by atoms with Crippen molar-refractivity contribution in [1.29, 1.82) is 0 Å². The summed E-state index contributed by atoms with van der Waals surface area (Å²) in [5.74, 6) is -0.211. The summed E-state index contributed by atoms with van der Waals surface area (Å²) in [6, 6.07) is 8.05. The number of benzene rings is 1. The molecule has 0 saturated heterocycles. The van der Waals surface area contributed by atoms with Crippen molar-refractivity contribution in [2.45, 2.75) is 25.2 Å². The molecule has 1 aliphatic carbocycles. The number of rotatable bonds is 1. The molecule has 2 heteroatoms. The maximum Gasteiger partial charge on any atom is 0.227 e. The number of hydrogen-bond donors (Lipinski definition) is 1. The third-order valence-corrected chi connectivity index (χ3v) is 3.05. The number of aryl methyl sites for hydroxylation is 1. The molecule has 2 nitrogen and oxygen atoms in total. The molecule has 1 aromatic carbocycles. The van der Waals surface area contributed by atoms with Crippen molar-refractivity contribution in [2.24, 2.45) is 5.73 Å². The Kier molecular flexibility index (Phi) is 1.65. The Morgan fingerprint density at radius 1 is 1.46 bits per heavy atom. The average molecular weight is 175 g/mol. The molecule has 1 amide bonds. The van der Waals surface area contributed by atoms with Gasteiger partial charge in [0.1, 0.15) is 0 Å². The summed E-state index contributed by atoms with van der Waals surface area (Å²) in [6.45, 7) is 1.93. The third kappa shape index (κ3) is 1.05. The first-order valence-corrected chi connectivity index (χ1v) is 4.53. The first-order chi connectivity index (χ1) is 6.14. The van der Waals surface area contributed by atoms with E-state index in [0.717, 1.165) is 18.4 Å². The lowest BCUT2D eigenvalue weighted by Gasteiger charge is -2.20. The molecular weight excluding hydrogens is 162 g/mol. The fourth-order valence-electron chi connectivity index (χ4n) is 2.05. The van der Waals surface area contributed by atoms with Crippen LogP contribution in [-0.2, 0) is 16.6 Å². The standard InChI is InChI=1S/C11H13NO/c1-11(10(12)13)7-6-8-4-2-3-5-9(8)11/h2-5H,6-7H2,1H3,(H2,12,13). The van der Waals surface area contributed by atoms with Gasteiger partial charge in [0.2, 0.25) is 5.91 Å². The Morgan fingerprint density at radius 2 is 2.15 bits per heavy atom. The van der Waals surface area contributed by atoms with E-state index in [-0.39, 0.29) is 5.91 Å². The molecule has 0 spiro atoms. The molecule has 0 aliphatic heterocycles. The van der Waals surface area contributed by atoms with E-state index in [1.54, 1.807) is 0 Å². The van der Waals surface area contributed by atoms with Gasteiger partial charge in [0.15, 0.2) is 0 Å². The Morgan fingerprint density at radius 3 is 2.85 bits per heavy atom. The van der Waals surface area contributed by atoms with Crippen LogP contribution in [0, 0.1) is 0 Å². The predicted octanol–water partition coefficient (Wildman–Crippen LogP) is 1.38. The van der Waals surface area contributed by atoms with E-state index in [1.807, 2.05) is 25.1 Å². The molecule has 0 radical (unpaired) electrons. The van der Waals surface area contributed by atoms with Gasteiger partial charge < -0.3 is 5.73 Å². The second-order valence-corrected chi connectivity index (χ2v) is 3.85. The van der Waals surface area contributed by atoms with Crippen LogP contribution in [0.4, 0.5) is 0 Å². The zero-order valence-electron chi connectivity index (χ0n) is 7.71. The minimum Gasteiger partial charge on any atom is -0.369 e. The van der Waals surface area contributed by atoms with Crippen LogP contribution in [0.25, 0.3) is 0 Å². The number of amides is 1. The third-order valence-electron chi connectivity index (χ3n) is 3.05. The van der Waals surface area contributed by atoms with Crippen LogP contribution in [-0.4, -0.2) is 5.91 Å². The summed E-state index contributed by atoms with van der Waals surface area (Å²) < 4.78 is 0. The number of carbonyl (C=O) groups excluding carboxylic acids is 1. The summed E-state index contributed by atoms with van der Waals surface area (Å²) in [5, 5.41) is 0. The zero-order valence-corrected chi connectivity index (χ0v) is 7.71. The molecule has 1 unspecified atom stereocenters. The van der Waals surface area contributed by atoms with Crippen LogP contribution < -0.4 is 5.73 Å². The topological polar surface area (TPSA) is 43.1 Å². The van der Waals surface area contributed by atoms with Gasteiger partial charge in [-0.3, -0.25) is 4.79 Å². The quantitative estimate of drug-likeness (QED) is 0.688. The minimum atomic E-state index is -0.434. The molecule has 0 heterocycles. The van der Waals surface area contributed by atoms with E-state index < -0.39 is 5.41 Å². The number of primary amides is 1. The van der Waals surface area contributed by atoms with Crippen LogP contribution in [0.15, 0.2) is 24.3 Å². The highest BCUT2D eigenvalue weighted by Gasteiger charge is 2.38. The van der Waals surface area contributed by atoms with Gasteiger partial charge in [-0.15, -0.1) is 0 Å². The van der Waals surface area contributed by atoms with Crippen LogP contribution in [0.5, 0.6) is 0 Å². The lowest BCUT2D eigenvalue weighted by atomic mass is 9.83. The lowest BCUT2D eigenvalue weighted by molar-refractivity contribution is -0.122. The van der Waals surface area contributed by atoms with Crippen molar-refractivity contribution in [3.63, 3.8) is 0 Å². The van der Waals surface area contributed by atoms with Gasteiger partial charge in [0.25, 0.3) is 0 Å². The van der Waals surface area contributed by atoms with Gasteiger partial charge in [-0.25, -0.2) is 0 Å². The molecule has 1 aliphatic rings. The lowest BCUT2D eigenvalue weighted by Crippen LogP contribution is -2.36. The molecule has 2 rings (SSSR count). The van der Waals surface area contributed by atoms with E-state index in [0.29, 0.717) is 0 Å². The van der Waals surface area contributed by atoms with Crippen molar-refractivity contribution in [3.8, 4) is 0 Å². The predicted molar refractivity (Wildman–Crippen MR) is 51.3 cm³/mol. The van der Waals surface area contributed by atoms with E-state index in [2.05, 4.69) is 6.07 Å². The van der Waals surface area contributed by atoms with Crippen LogP contribution in [0.1, 0.15) is 24.5 Å². The molecule has 0 bridgehead atoms. The van der Waals surface area contributed by atoms with Gasteiger partial charge in [-0.2, -0.15) is 0 Å². The van der Waals surface area contributed by atoms with Gasteiger partial charge in [0, 0.05) is 0 Å². The highest BCUT2D eigenvalue weighted by molar-refractivity contribution is 5.87. The second kappa shape index (κ2) is 2.59. The monoisotopic (exact) mass is 175 g/mol. The van der Waals surface area contributed by atoms with Crippen LogP contribution in [0.3, 0.4) is 0 Å². The molecule has 1 aromatic rings. The first kappa shape index (κ1) is 8.30. The smallest absolute Gasteiger partial charge is 0.227 e.